The summed E-state index contributed by atoms with van der Waals surface area (Å²) in [4.78, 5) is 4.97. The van der Waals surface area contributed by atoms with E-state index in [-0.39, 0.29) is 4.90 Å². The molecule has 4 aromatic rings. The van der Waals surface area contributed by atoms with E-state index >= 15 is 0 Å². The number of hydrogen-bond donors (Lipinski definition) is 1. The van der Waals surface area contributed by atoms with Crippen LogP contribution in [0.2, 0.25) is 0 Å². The zero-order valence-electron chi connectivity index (χ0n) is 15.7. The highest BCUT2D eigenvalue weighted by atomic mass is 32.2. The molecule has 0 radical (unpaired) electrons. The van der Waals surface area contributed by atoms with Crippen LogP contribution in [0.4, 0.5) is 5.69 Å². The average Bonchev–Trinajstić information content (AvgIpc) is 2.68. The van der Waals surface area contributed by atoms with Crippen molar-refractivity contribution in [2.24, 2.45) is 0 Å². The second-order valence-corrected chi connectivity index (χ2v) is 8.54. The van der Waals surface area contributed by atoms with E-state index in [1.54, 1.807) is 24.3 Å². The zero-order valence-corrected chi connectivity index (χ0v) is 16.5. The third-order valence-corrected chi connectivity index (χ3v) is 5.96. The summed E-state index contributed by atoms with van der Waals surface area (Å²) >= 11 is 0. The predicted octanol–water partition coefficient (Wildman–Crippen LogP) is 5.32. The van der Waals surface area contributed by atoms with E-state index < -0.39 is 10.0 Å². The van der Waals surface area contributed by atoms with Gasteiger partial charge in [-0.3, -0.25) is 4.72 Å². The number of benzene rings is 3. The molecule has 0 aliphatic heterocycles. The quantitative estimate of drug-likeness (QED) is 0.515. The highest BCUT2D eigenvalue weighted by Crippen LogP contribution is 2.30. The first-order valence-electron chi connectivity index (χ1n) is 8.99. The van der Waals surface area contributed by atoms with Crippen LogP contribution in [0.15, 0.2) is 83.8 Å². The largest absolute Gasteiger partial charge is 0.279 e. The SMILES string of the molecule is Cc1cccc(S(=O)(=O)Nc2ccccc2-c2ccc3cc(C)ccc3n2)c1. The highest BCUT2D eigenvalue weighted by Gasteiger charge is 2.17. The van der Waals surface area contributed by atoms with E-state index in [2.05, 4.69) is 10.8 Å². The van der Waals surface area contributed by atoms with Gasteiger partial charge >= 0.3 is 0 Å². The molecule has 0 aliphatic carbocycles. The Morgan fingerprint density at radius 1 is 0.786 bits per heavy atom. The minimum atomic E-state index is -3.69. The van der Waals surface area contributed by atoms with Crippen LogP contribution >= 0.6 is 0 Å². The van der Waals surface area contributed by atoms with E-state index in [4.69, 9.17) is 4.98 Å². The van der Waals surface area contributed by atoms with Gasteiger partial charge in [0, 0.05) is 10.9 Å². The van der Waals surface area contributed by atoms with Gasteiger partial charge in [0.1, 0.15) is 0 Å². The molecule has 1 heterocycles. The van der Waals surface area contributed by atoms with Gasteiger partial charge in [0.2, 0.25) is 0 Å². The van der Waals surface area contributed by atoms with Crippen molar-refractivity contribution >= 4 is 26.6 Å². The van der Waals surface area contributed by atoms with E-state index in [1.807, 2.05) is 62.4 Å². The number of fused-ring (bicyclic) bond motifs is 1. The van der Waals surface area contributed by atoms with Gasteiger partial charge in [-0.15, -0.1) is 0 Å². The predicted molar refractivity (Wildman–Crippen MR) is 114 cm³/mol. The third-order valence-electron chi connectivity index (χ3n) is 4.59. The summed E-state index contributed by atoms with van der Waals surface area (Å²) in [7, 11) is -3.69. The van der Waals surface area contributed by atoms with Crippen molar-refractivity contribution in [3.05, 3.63) is 90.0 Å². The molecule has 0 fully saturated rings. The lowest BCUT2D eigenvalue weighted by atomic mass is 10.1. The molecule has 140 valence electrons. The number of hydrogen-bond acceptors (Lipinski definition) is 3. The topological polar surface area (TPSA) is 59.1 Å². The van der Waals surface area contributed by atoms with Gasteiger partial charge in [0.05, 0.1) is 21.8 Å². The standard InChI is InChI=1S/C23H20N2O2S/c1-16-6-5-7-19(15-16)28(26,27)25-23-9-4-3-8-20(23)22-13-11-18-14-17(2)10-12-21(18)24-22/h3-15,25H,1-2H3. The Balaban J connectivity index is 1.76. The number of para-hydroxylation sites is 1. The monoisotopic (exact) mass is 388 g/mol. The van der Waals surface area contributed by atoms with Gasteiger partial charge in [-0.05, 0) is 55.8 Å². The molecular weight excluding hydrogens is 368 g/mol. The molecule has 3 aromatic carbocycles. The fourth-order valence-corrected chi connectivity index (χ4v) is 4.36. The second kappa shape index (κ2) is 7.09. The van der Waals surface area contributed by atoms with Crippen LogP contribution in [-0.4, -0.2) is 13.4 Å². The molecule has 28 heavy (non-hydrogen) atoms. The molecule has 0 bridgehead atoms. The number of anilines is 1. The molecule has 0 atom stereocenters. The van der Waals surface area contributed by atoms with E-state index in [0.717, 1.165) is 27.7 Å². The summed E-state index contributed by atoms with van der Waals surface area (Å²) < 4.78 is 28.4. The summed E-state index contributed by atoms with van der Waals surface area (Å²) in [6.07, 6.45) is 0. The summed E-state index contributed by atoms with van der Waals surface area (Å²) in [5, 5.41) is 1.06. The van der Waals surface area contributed by atoms with Crippen molar-refractivity contribution in [3.8, 4) is 11.3 Å². The molecule has 5 heteroatoms. The smallest absolute Gasteiger partial charge is 0.261 e. The molecule has 1 N–H and O–H groups in total. The molecule has 0 spiro atoms. The first-order valence-corrected chi connectivity index (χ1v) is 10.5. The lowest BCUT2D eigenvalue weighted by molar-refractivity contribution is 0.601. The van der Waals surface area contributed by atoms with Crippen LogP contribution < -0.4 is 4.72 Å². The van der Waals surface area contributed by atoms with Gasteiger partial charge in [-0.1, -0.05) is 48.0 Å². The minimum Gasteiger partial charge on any atom is -0.279 e. The Hall–Kier alpha value is -3.18. The number of pyridine rings is 1. The summed E-state index contributed by atoms with van der Waals surface area (Å²) in [5.74, 6) is 0. The first-order chi connectivity index (χ1) is 13.4. The molecule has 1 aromatic heterocycles. The van der Waals surface area contributed by atoms with Crippen LogP contribution in [0.25, 0.3) is 22.2 Å². The van der Waals surface area contributed by atoms with Crippen LogP contribution in [-0.2, 0) is 10.0 Å². The van der Waals surface area contributed by atoms with Gasteiger partial charge < -0.3 is 0 Å². The Kier molecular flexibility index (Phi) is 4.61. The van der Waals surface area contributed by atoms with Crippen LogP contribution in [0.1, 0.15) is 11.1 Å². The average molecular weight is 388 g/mol. The second-order valence-electron chi connectivity index (χ2n) is 6.86. The van der Waals surface area contributed by atoms with Crippen molar-refractivity contribution < 1.29 is 8.42 Å². The lowest BCUT2D eigenvalue weighted by Gasteiger charge is -2.13. The van der Waals surface area contributed by atoms with Crippen molar-refractivity contribution in [3.63, 3.8) is 0 Å². The van der Waals surface area contributed by atoms with Crippen molar-refractivity contribution in [1.82, 2.24) is 4.98 Å². The molecule has 0 amide bonds. The van der Waals surface area contributed by atoms with Crippen LogP contribution in [0.5, 0.6) is 0 Å². The minimum absolute atomic E-state index is 0.240. The Morgan fingerprint density at radius 3 is 2.39 bits per heavy atom. The van der Waals surface area contributed by atoms with Crippen molar-refractivity contribution in [2.75, 3.05) is 4.72 Å². The number of sulfonamides is 1. The summed E-state index contributed by atoms with van der Waals surface area (Å²) in [6, 6.07) is 24.2. The Bertz CT molecular complexity index is 1280. The zero-order chi connectivity index (χ0) is 19.7. The fourth-order valence-electron chi connectivity index (χ4n) is 3.18. The normalized spacial score (nSPS) is 11.5. The molecule has 4 nitrogen and oxygen atoms in total. The Morgan fingerprint density at radius 2 is 1.57 bits per heavy atom. The van der Waals surface area contributed by atoms with Crippen molar-refractivity contribution in [1.29, 1.82) is 0 Å². The van der Waals surface area contributed by atoms with Crippen molar-refractivity contribution in [2.45, 2.75) is 18.7 Å². The van der Waals surface area contributed by atoms with Crippen LogP contribution in [0, 0.1) is 13.8 Å². The number of aryl methyl sites for hydroxylation is 2. The fraction of sp³-hybridized carbons (Fsp3) is 0.0870. The summed E-state index contributed by atoms with van der Waals surface area (Å²) in [6.45, 7) is 3.91. The van der Waals surface area contributed by atoms with E-state index in [1.165, 1.54) is 5.56 Å². The highest BCUT2D eigenvalue weighted by molar-refractivity contribution is 7.92. The van der Waals surface area contributed by atoms with E-state index in [0.29, 0.717) is 5.69 Å². The molecule has 0 saturated carbocycles. The van der Waals surface area contributed by atoms with Gasteiger partial charge in [0.15, 0.2) is 0 Å². The van der Waals surface area contributed by atoms with Gasteiger partial charge in [0.25, 0.3) is 10.0 Å². The van der Waals surface area contributed by atoms with E-state index in [9.17, 15) is 8.42 Å². The third kappa shape index (κ3) is 3.62. The molecule has 4 rings (SSSR count). The molecular formula is C23H20N2O2S. The number of rotatable bonds is 4. The molecule has 0 aliphatic rings. The number of nitrogens with one attached hydrogen (secondary N) is 1. The van der Waals surface area contributed by atoms with Gasteiger partial charge in [-0.2, -0.15) is 0 Å². The summed E-state index contributed by atoms with van der Waals surface area (Å²) in [5.41, 5.74) is 4.90. The maximum atomic E-state index is 12.9. The lowest BCUT2D eigenvalue weighted by Crippen LogP contribution is -2.13. The number of aromatic nitrogens is 1. The maximum absolute atomic E-state index is 12.9. The molecule has 0 unspecified atom stereocenters. The maximum Gasteiger partial charge on any atom is 0.261 e. The Labute approximate surface area is 164 Å². The first kappa shape index (κ1) is 18.2. The molecule has 0 saturated heterocycles. The van der Waals surface area contributed by atoms with Gasteiger partial charge in [-0.25, -0.2) is 13.4 Å². The van der Waals surface area contributed by atoms with Crippen LogP contribution in [0.3, 0.4) is 0 Å². The number of nitrogens with zero attached hydrogens (tertiary/aromatic N) is 1.